The van der Waals surface area contributed by atoms with Crippen molar-refractivity contribution in [2.45, 2.75) is 52.5 Å². The first-order chi connectivity index (χ1) is 13.5. The number of hydrogen-bond donors (Lipinski definition) is 2. The van der Waals surface area contributed by atoms with Crippen LogP contribution < -0.4 is 10.6 Å². The Morgan fingerprint density at radius 2 is 2.14 bits per heavy atom. The number of aliphatic imine (C=N–C) groups is 1. The Labute approximate surface area is 166 Å². The summed E-state index contributed by atoms with van der Waals surface area (Å²) < 4.78 is 10.3. The van der Waals surface area contributed by atoms with Gasteiger partial charge in [0, 0.05) is 32.6 Å². The minimum atomic E-state index is -0.412. The summed E-state index contributed by atoms with van der Waals surface area (Å²) in [6.45, 7) is 7.14. The third-order valence-corrected chi connectivity index (χ3v) is 4.68. The second-order valence-electron chi connectivity index (χ2n) is 6.84. The van der Waals surface area contributed by atoms with Crippen LogP contribution >= 0.6 is 0 Å². The molecule has 1 aromatic rings. The first kappa shape index (κ1) is 21.8. The summed E-state index contributed by atoms with van der Waals surface area (Å²) in [5.74, 6) is 1.66. The number of carbonyl (C=O) groups excluding carboxylic acids is 2. The molecule has 0 atom stereocenters. The van der Waals surface area contributed by atoms with E-state index in [1.807, 2.05) is 11.8 Å². The molecule has 1 saturated heterocycles. The van der Waals surface area contributed by atoms with Crippen LogP contribution in [-0.2, 0) is 16.1 Å². The van der Waals surface area contributed by atoms with Gasteiger partial charge in [-0.25, -0.2) is 9.79 Å². The molecular weight excluding hydrogens is 360 g/mol. The van der Waals surface area contributed by atoms with Crippen LogP contribution in [-0.4, -0.2) is 56.0 Å². The maximum atomic E-state index is 12.0. The van der Waals surface area contributed by atoms with Crippen molar-refractivity contribution < 1.29 is 18.7 Å². The predicted octanol–water partition coefficient (Wildman–Crippen LogP) is 2.22. The average Bonchev–Trinajstić information content (AvgIpc) is 2.94. The highest BCUT2D eigenvalue weighted by molar-refractivity contribution is 5.90. The summed E-state index contributed by atoms with van der Waals surface area (Å²) >= 11 is 0. The number of likely N-dealkylation sites (tertiary alicyclic amines) is 1. The van der Waals surface area contributed by atoms with Crippen molar-refractivity contribution in [2.75, 3.05) is 33.3 Å². The molecule has 0 spiro atoms. The highest BCUT2D eigenvalue weighted by Crippen LogP contribution is 2.16. The number of hydrogen-bond acceptors (Lipinski definition) is 5. The van der Waals surface area contributed by atoms with Gasteiger partial charge in [-0.05, 0) is 39.2 Å². The lowest BCUT2D eigenvalue weighted by molar-refractivity contribution is -0.130. The Bertz CT molecular complexity index is 684. The summed E-state index contributed by atoms with van der Waals surface area (Å²) in [5.41, 5.74) is 0.424. The van der Waals surface area contributed by atoms with Crippen molar-refractivity contribution in [3.8, 4) is 0 Å². The minimum Gasteiger partial charge on any atom is -0.465 e. The number of amides is 1. The van der Waals surface area contributed by atoms with Gasteiger partial charge < -0.3 is 24.7 Å². The van der Waals surface area contributed by atoms with Gasteiger partial charge in [0.25, 0.3) is 0 Å². The number of guanidine groups is 1. The van der Waals surface area contributed by atoms with Crippen LogP contribution in [0.15, 0.2) is 15.5 Å². The molecule has 0 aliphatic carbocycles. The Hall–Kier alpha value is -2.51. The zero-order chi connectivity index (χ0) is 20.4. The van der Waals surface area contributed by atoms with Crippen molar-refractivity contribution in [1.82, 2.24) is 15.5 Å². The van der Waals surface area contributed by atoms with Gasteiger partial charge in [-0.2, -0.15) is 0 Å². The highest BCUT2D eigenvalue weighted by atomic mass is 16.5. The van der Waals surface area contributed by atoms with Crippen molar-refractivity contribution in [3.05, 3.63) is 23.2 Å². The van der Waals surface area contributed by atoms with Crippen LogP contribution in [0.5, 0.6) is 0 Å². The molecule has 0 radical (unpaired) electrons. The largest absolute Gasteiger partial charge is 0.465 e. The first-order valence-electron chi connectivity index (χ1n) is 10.0. The van der Waals surface area contributed by atoms with Crippen molar-refractivity contribution in [3.63, 3.8) is 0 Å². The molecule has 8 heteroatoms. The third kappa shape index (κ3) is 6.58. The van der Waals surface area contributed by atoms with Crippen molar-refractivity contribution >= 4 is 17.8 Å². The van der Waals surface area contributed by atoms with Gasteiger partial charge in [-0.3, -0.25) is 4.79 Å². The highest BCUT2D eigenvalue weighted by Gasteiger charge is 2.16. The number of nitrogens with one attached hydrogen (secondary N) is 2. The number of furan rings is 1. The van der Waals surface area contributed by atoms with Crippen LogP contribution in [0.4, 0.5) is 0 Å². The zero-order valence-corrected chi connectivity index (χ0v) is 17.2. The van der Waals surface area contributed by atoms with Crippen LogP contribution in [0.3, 0.4) is 0 Å². The quantitative estimate of drug-likeness (QED) is 0.305. The number of ether oxygens (including phenoxy) is 1. The number of nitrogens with zero attached hydrogens (tertiary/aromatic N) is 2. The van der Waals surface area contributed by atoms with Crippen LogP contribution in [0.2, 0.25) is 0 Å². The van der Waals surface area contributed by atoms with E-state index in [0.717, 1.165) is 51.9 Å². The van der Waals surface area contributed by atoms with Gasteiger partial charge in [-0.1, -0.05) is 6.42 Å². The second kappa shape index (κ2) is 11.4. The monoisotopic (exact) mass is 392 g/mol. The van der Waals surface area contributed by atoms with E-state index >= 15 is 0 Å². The number of methoxy groups -OCH3 is 1. The fourth-order valence-corrected chi connectivity index (χ4v) is 3.18. The molecular formula is C20H32N4O4. The Kier molecular flexibility index (Phi) is 8.84. The van der Waals surface area contributed by atoms with E-state index in [-0.39, 0.29) is 5.91 Å². The molecule has 1 aliphatic rings. The SMILES string of the molecule is CCNC(=NCc1cc(C(=O)OC)c(C)o1)NCCCN1CCCCCC1=O. The molecule has 1 amide bonds. The molecule has 0 aromatic carbocycles. The Morgan fingerprint density at radius 3 is 2.89 bits per heavy atom. The molecule has 28 heavy (non-hydrogen) atoms. The molecule has 1 fully saturated rings. The third-order valence-electron chi connectivity index (χ3n) is 4.68. The standard InChI is InChI=1S/C20H32N4O4/c1-4-21-20(22-10-8-12-24-11-7-5-6-9-18(24)25)23-14-16-13-17(15(2)28-16)19(26)27-3/h13H,4-12,14H2,1-3H3,(H2,21,22,23). The molecule has 2 rings (SSSR count). The normalized spacial score (nSPS) is 15.3. The van der Waals surface area contributed by atoms with Crippen molar-refractivity contribution in [1.29, 1.82) is 0 Å². The van der Waals surface area contributed by atoms with Gasteiger partial charge in [0.1, 0.15) is 23.6 Å². The zero-order valence-electron chi connectivity index (χ0n) is 17.2. The van der Waals surface area contributed by atoms with E-state index in [1.165, 1.54) is 7.11 Å². The van der Waals surface area contributed by atoms with Crippen LogP contribution in [0.1, 0.15) is 60.9 Å². The summed E-state index contributed by atoms with van der Waals surface area (Å²) in [6.07, 6.45) is 4.78. The summed E-state index contributed by atoms with van der Waals surface area (Å²) in [5, 5.41) is 6.47. The maximum absolute atomic E-state index is 12.0. The maximum Gasteiger partial charge on any atom is 0.341 e. The summed E-state index contributed by atoms with van der Waals surface area (Å²) in [6, 6.07) is 1.67. The Morgan fingerprint density at radius 1 is 1.32 bits per heavy atom. The van der Waals surface area contributed by atoms with Crippen LogP contribution in [0, 0.1) is 6.92 Å². The van der Waals surface area contributed by atoms with E-state index < -0.39 is 5.97 Å². The van der Waals surface area contributed by atoms with E-state index in [0.29, 0.717) is 36.0 Å². The molecule has 1 aliphatic heterocycles. The molecule has 2 N–H and O–H groups in total. The fourth-order valence-electron chi connectivity index (χ4n) is 3.18. The molecule has 156 valence electrons. The molecule has 2 heterocycles. The lowest BCUT2D eigenvalue weighted by atomic mass is 10.2. The second-order valence-corrected chi connectivity index (χ2v) is 6.84. The smallest absolute Gasteiger partial charge is 0.341 e. The molecule has 0 saturated carbocycles. The minimum absolute atomic E-state index is 0.271. The van der Waals surface area contributed by atoms with E-state index in [1.54, 1.807) is 13.0 Å². The van der Waals surface area contributed by atoms with Crippen LogP contribution in [0.25, 0.3) is 0 Å². The topological polar surface area (TPSA) is 96.2 Å². The van der Waals surface area contributed by atoms with E-state index in [4.69, 9.17) is 9.15 Å². The Balaban J connectivity index is 1.83. The van der Waals surface area contributed by atoms with Gasteiger partial charge in [0.15, 0.2) is 5.96 Å². The predicted molar refractivity (Wildman–Crippen MR) is 107 cm³/mol. The average molecular weight is 393 g/mol. The number of esters is 1. The molecule has 8 nitrogen and oxygen atoms in total. The van der Waals surface area contributed by atoms with Crippen molar-refractivity contribution in [2.24, 2.45) is 4.99 Å². The first-order valence-corrected chi connectivity index (χ1v) is 10.0. The molecule has 1 aromatic heterocycles. The number of carbonyl (C=O) groups is 2. The van der Waals surface area contributed by atoms with Gasteiger partial charge in [-0.15, -0.1) is 0 Å². The van der Waals surface area contributed by atoms with E-state index in [2.05, 4.69) is 15.6 Å². The van der Waals surface area contributed by atoms with Gasteiger partial charge in [0.2, 0.25) is 5.91 Å². The summed E-state index contributed by atoms with van der Waals surface area (Å²) in [4.78, 5) is 30.2. The van der Waals surface area contributed by atoms with Gasteiger partial charge in [0.05, 0.1) is 7.11 Å². The lowest BCUT2D eigenvalue weighted by Crippen LogP contribution is -2.39. The lowest BCUT2D eigenvalue weighted by Gasteiger charge is -2.20. The van der Waals surface area contributed by atoms with Gasteiger partial charge >= 0.3 is 5.97 Å². The molecule has 0 unspecified atom stereocenters. The number of aryl methyl sites for hydroxylation is 1. The molecule has 0 bridgehead atoms. The van der Waals surface area contributed by atoms with E-state index in [9.17, 15) is 9.59 Å². The number of rotatable bonds is 8. The fraction of sp³-hybridized carbons (Fsp3) is 0.650. The summed E-state index contributed by atoms with van der Waals surface area (Å²) in [7, 11) is 1.35.